The van der Waals surface area contributed by atoms with Gasteiger partial charge in [-0.15, -0.1) is 0 Å². The molecule has 0 aliphatic heterocycles. The summed E-state index contributed by atoms with van der Waals surface area (Å²) in [5.41, 5.74) is 2.58. The number of aryl methyl sites for hydroxylation is 1. The van der Waals surface area contributed by atoms with Crippen molar-refractivity contribution in [1.82, 2.24) is 5.32 Å². The van der Waals surface area contributed by atoms with Crippen molar-refractivity contribution in [3.05, 3.63) is 65.7 Å². The van der Waals surface area contributed by atoms with Crippen molar-refractivity contribution < 1.29 is 14.7 Å². The number of carbonyl (C=O) groups excluding carboxylic acids is 2. The minimum absolute atomic E-state index is 0.0834. The van der Waals surface area contributed by atoms with Crippen LogP contribution < -0.4 is 10.6 Å². The highest BCUT2D eigenvalue weighted by Gasteiger charge is 2.19. The van der Waals surface area contributed by atoms with E-state index >= 15 is 0 Å². The van der Waals surface area contributed by atoms with Gasteiger partial charge in [0, 0.05) is 12.3 Å². The first-order valence-corrected chi connectivity index (χ1v) is 8.00. The molecule has 24 heavy (non-hydrogen) atoms. The predicted molar refractivity (Wildman–Crippen MR) is 93.5 cm³/mol. The lowest BCUT2D eigenvalue weighted by molar-refractivity contribution is -0.136. The Labute approximate surface area is 141 Å². The number of benzene rings is 2. The number of aliphatic hydroxyl groups excluding tert-OH is 1. The van der Waals surface area contributed by atoms with Crippen LogP contribution >= 0.6 is 0 Å². The van der Waals surface area contributed by atoms with Crippen LogP contribution in [0.3, 0.4) is 0 Å². The van der Waals surface area contributed by atoms with Crippen LogP contribution in [-0.2, 0) is 16.0 Å². The van der Waals surface area contributed by atoms with Crippen LogP contribution in [0.2, 0.25) is 0 Å². The minimum Gasteiger partial charge on any atom is -0.396 e. The molecule has 0 aliphatic rings. The maximum absolute atomic E-state index is 12.1. The molecule has 0 fully saturated rings. The van der Waals surface area contributed by atoms with Crippen molar-refractivity contribution in [2.24, 2.45) is 0 Å². The zero-order valence-corrected chi connectivity index (χ0v) is 13.7. The van der Waals surface area contributed by atoms with Crippen molar-refractivity contribution >= 4 is 17.5 Å². The molecule has 5 heteroatoms. The van der Waals surface area contributed by atoms with Gasteiger partial charge in [0.15, 0.2) is 0 Å². The van der Waals surface area contributed by atoms with Crippen LogP contribution in [0, 0.1) is 0 Å². The molecule has 0 radical (unpaired) electrons. The van der Waals surface area contributed by atoms with E-state index in [-0.39, 0.29) is 6.61 Å². The van der Waals surface area contributed by atoms with Gasteiger partial charge in [-0.25, -0.2) is 0 Å². The number of carbonyl (C=O) groups is 2. The molecule has 0 aliphatic carbocycles. The highest BCUT2D eigenvalue weighted by atomic mass is 16.3. The predicted octanol–water partition coefficient (Wildman–Crippen LogP) is 2.43. The van der Waals surface area contributed by atoms with E-state index in [1.54, 1.807) is 12.1 Å². The van der Waals surface area contributed by atoms with Crippen LogP contribution in [0.1, 0.15) is 30.5 Å². The Morgan fingerprint density at radius 2 is 1.67 bits per heavy atom. The van der Waals surface area contributed by atoms with Gasteiger partial charge in [-0.1, -0.05) is 49.4 Å². The van der Waals surface area contributed by atoms with Gasteiger partial charge in [0.05, 0.1) is 6.04 Å². The van der Waals surface area contributed by atoms with E-state index in [0.29, 0.717) is 12.1 Å². The fraction of sp³-hybridized carbons (Fsp3) is 0.263. The topological polar surface area (TPSA) is 78.4 Å². The number of hydrogen-bond acceptors (Lipinski definition) is 3. The van der Waals surface area contributed by atoms with Gasteiger partial charge in [-0.3, -0.25) is 9.59 Å². The van der Waals surface area contributed by atoms with E-state index in [1.165, 1.54) is 0 Å². The Hall–Kier alpha value is -2.66. The molecule has 2 rings (SSSR count). The summed E-state index contributed by atoms with van der Waals surface area (Å²) >= 11 is 0. The Bertz CT molecular complexity index is 669. The molecule has 2 aromatic carbocycles. The molecular formula is C19H22N2O3. The average Bonchev–Trinajstić information content (AvgIpc) is 2.62. The molecule has 1 atom stereocenters. The zero-order valence-electron chi connectivity index (χ0n) is 13.7. The Kier molecular flexibility index (Phi) is 6.51. The van der Waals surface area contributed by atoms with Gasteiger partial charge in [0.1, 0.15) is 0 Å². The molecule has 1 unspecified atom stereocenters. The number of amides is 2. The summed E-state index contributed by atoms with van der Waals surface area (Å²) in [5, 5.41) is 14.4. The van der Waals surface area contributed by atoms with Gasteiger partial charge >= 0.3 is 11.8 Å². The summed E-state index contributed by atoms with van der Waals surface area (Å²) in [6.45, 7) is 1.96. The highest BCUT2D eigenvalue weighted by Crippen LogP contribution is 2.16. The fourth-order valence-electron chi connectivity index (χ4n) is 2.37. The Morgan fingerprint density at radius 3 is 2.25 bits per heavy atom. The lowest BCUT2D eigenvalue weighted by Crippen LogP contribution is -2.38. The molecule has 0 saturated carbocycles. The largest absolute Gasteiger partial charge is 0.396 e. The number of nitrogens with one attached hydrogen (secondary N) is 2. The average molecular weight is 326 g/mol. The molecule has 0 bridgehead atoms. The van der Waals surface area contributed by atoms with Crippen LogP contribution in [0.4, 0.5) is 5.69 Å². The van der Waals surface area contributed by atoms with Crippen LogP contribution in [-0.4, -0.2) is 23.5 Å². The minimum atomic E-state index is -0.725. The lowest BCUT2D eigenvalue weighted by atomic mass is 10.0. The Morgan fingerprint density at radius 1 is 1.00 bits per heavy atom. The van der Waals surface area contributed by atoms with E-state index in [9.17, 15) is 14.7 Å². The van der Waals surface area contributed by atoms with E-state index < -0.39 is 17.9 Å². The third-order valence-corrected chi connectivity index (χ3v) is 3.75. The third kappa shape index (κ3) is 4.93. The van der Waals surface area contributed by atoms with E-state index in [4.69, 9.17) is 0 Å². The summed E-state index contributed by atoms with van der Waals surface area (Å²) < 4.78 is 0. The van der Waals surface area contributed by atoms with Crippen LogP contribution in [0.25, 0.3) is 0 Å². The molecule has 0 heterocycles. The number of rotatable bonds is 6. The van der Waals surface area contributed by atoms with Crippen molar-refractivity contribution in [3.63, 3.8) is 0 Å². The summed E-state index contributed by atoms with van der Waals surface area (Å²) in [6, 6.07) is 16.2. The molecule has 0 saturated heterocycles. The molecular weight excluding hydrogens is 304 g/mol. The van der Waals surface area contributed by atoms with E-state index in [1.807, 2.05) is 49.4 Å². The van der Waals surface area contributed by atoms with Gasteiger partial charge in [0.25, 0.3) is 0 Å². The first-order valence-electron chi connectivity index (χ1n) is 8.00. The lowest BCUT2D eigenvalue weighted by Gasteiger charge is -2.18. The highest BCUT2D eigenvalue weighted by molar-refractivity contribution is 6.39. The molecule has 2 aromatic rings. The summed E-state index contributed by atoms with van der Waals surface area (Å²) in [4.78, 5) is 24.2. The maximum Gasteiger partial charge on any atom is 0.313 e. The molecule has 126 valence electrons. The van der Waals surface area contributed by atoms with Crippen molar-refractivity contribution in [2.45, 2.75) is 25.8 Å². The maximum atomic E-state index is 12.1. The summed E-state index contributed by atoms with van der Waals surface area (Å²) in [6.07, 6.45) is 1.25. The van der Waals surface area contributed by atoms with Gasteiger partial charge < -0.3 is 15.7 Å². The fourth-order valence-corrected chi connectivity index (χ4v) is 2.37. The van der Waals surface area contributed by atoms with Gasteiger partial charge in [-0.2, -0.15) is 0 Å². The van der Waals surface area contributed by atoms with Crippen molar-refractivity contribution in [3.8, 4) is 0 Å². The monoisotopic (exact) mass is 326 g/mol. The molecule has 2 amide bonds. The third-order valence-electron chi connectivity index (χ3n) is 3.75. The normalized spacial score (nSPS) is 11.6. The second kappa shape index (κ2) is 8.84. The number of hydrogen-bond donors (Lipinski definition) is 3. The SMILES string of the molecule is CCc1ccc(NC(=O)C(=O)NC(CCO)c2ccccc2)cc1. The van der Waals surface area contributed by atoms with Crippen molar-refractivity contribution in [1.29, 1.82) is 0 Å². The van der Waals surface area contributed by atoms with Crippen molar-refractivity contribution in [2.75, 3.05) is 11.9 Å². The summed E-state index contributed by atoms with van der Waals surface area (Å²) in [7, 11) is 0. The second-order valence-corrected chi connectivity index (χ2v) is 5.45. The van der Waals surface area contributed by atoms with Gasteiger partial charge in [0.2, 0.25) is 0 Å². The second-order valence-electron chi connectivity index (χ2n) is 5.45. The Balaban J connectivity index is 1.99. The molecule has 3 N–H and O–H groups in total. The standard InChI is InChI=1S/C19H22N2O3/c1-2-14-8-10-16(11-9-14)20-18(23)19(24)21-17(12-13-22)15-6-4-3-5-7-15/h3-11,17,22H,2,12-13H2,1H3,(H,20,23)(H,21,24). The number of aliphatic hydroxyl groups is 1. The molecule has 0 aromatic heterocycles. The first kappa shape index (κ1) is 17.7. The smallest absolute Gasteiger partial charge is 0.313 e. The van der Waals surface area contributed by atoms with E-state index in [0.717, 1.165) is 17.5 Å². The quantitative estimate of drug-likeness (QED) is 0.713. The molecule has 0 spiro atoms. The zero-order chi connectivity index (χ0) is 17.4. The van der Waals surface area contributed by atoms with E-state index in [2.05, 4.69) is 10.6 Å². The first-order chi connectivity index (χ1) is 11.6. The molecule has 5 nitrogen and oxygen atoms in total. The van der Waals surface area contributed by atoms with Crippen LogP contribution in [0.5, 0.6) is 0 Å². The number of anilines is 1. The summed E-state index contributed by atoms with van der Waals surface area (Å²) in [5.74, 6) is -1.45. The van der Waals surface area contributed by atoms with Crippen LogP contribution in [0.15, 0.2) is 54.6 Å². The van der Waals surface area contributed by atoms with Gasteiger partial charge in [-0.05, 0) is 36.1 Å².